The zero-order valence-corrected chi connectivity index (χ0v) is 28.3. The molecule has 210 valence electrons. The number of halogens is 6. The first-order valence-corrected chi connectivity index (χ1v) is 19.6. The van der Waals surface area contributed by atoms with Crippen molar-refractivity contribution in [2.45, 2.75) is 39.6 Å². The summed E-state index contributed by atoms with van der Waals surface area (Å²) in [7, 11) is 0. The van der Waals surface area contributed by atoms with Crippen LogP contribution in [0.1, 0.15) is 49.9 Å². The van der Waals surface area contributed by atoms with Crippen molar-refractivity contribution >= 4 is 66.4 Å². The van der Waals surface area contributed by atoms with Crippen molar-refractivity contribution in [1.29, 1.82) is 10.5 Å². The van der Waals surface area contributed by atoms with Crippen LogP contribution in [-0.2, 0) is 11.9 Å². The molecule has 1 N–H and O–H groups in total. The second-order valence-corrected chi connectivity index (χ2v) is 22.4. The number of nitrogens with zero attached hydrogens (tertiary/aromatic N) is 2. The van der Waals surface area contributed by atoms with Crippen LogP contribution in [0.5, 0.6) is 23.0 Å². The van der Waals surface area contributed by atoms with Gasteiger partial charge in [0, 0.05) is 10.9 Å². The standard InChI is InChI=1S/C12H13BrFNO2.C12H14FNO3.Br3P/c1-3-16-10-5-8(6-13)9(7-15)11(14)12(10)17-4-2;1-3-16-10-5-8(7-15)9(6-14)11(13)12(10)17-4-2;1-4(2)3/h5H,3-4,6H2,1-2H3;5,15H,3-4,7H2,1-2H3;. The van der Waals surface area contributed by atoms with Gasteiger partial charge in [0.1, 0.15) is 16.2 Å². The second-order valence-electron chi connectivity index (χ2n) is 6.54. The largest absolute Gasteiger partial charge is 0.490 e. The van der Waals surface area contributed by atoms with Gasteiger partial charge < -0.3 is 24.1 Å². The van der Waals surface area contributed by atoms with Gasteiger partial charge in [0.15, 0.2) is 34.6 Å². The summed E-state index contributed by atoms with van der Waals surface area (Å²) in [6.07, 6.45) is 0. The number of benzene rings is 2. The van der Waals surface area contributed by atoms with Crippen LogP contribution in [0.25, 0.3) is 0 Å². The molecule has 0 saturated carbocycles. The first-order chi connectivity index (χ1) is 18.1. The predicted molar refractivity (Wildman–Crippen MR) is 159 cm³/mol. The molecule has 0 aliphatic heterocycles. The van der Waals surface area contributed by atoms with Crippen LogP contribution in [0.4, 0.5) is 8.78 Å². The molecule has 0 saturated heterocycles. The van der Waals surface area contributed by atoms with Crippen LogP contribution in [-0.4, -0.2) is 31.5 Å². The summed E-state index contributed by atoms with van der Waals surface area (Å²) in [5, 5.41) is 27.2. The van der Waals surface area contributed by atoms with Crippen LogP contribution in [0.15, 0.2) is 12.1 Å². The van der Waals surface area contributed by atoms with Gasteiger partial charge in [-0.3, -0.25) is 0 Å². The highest BCUT2D eigenvalue weighted by molar-refractivity contribution is 9.93. The maximum absolute atomic E-state index is 14.0. The molecular weight excluding hydrogens is 785 g/mol. The van der Waals surface area contributed by atoms with Gasteiger partial charge in [-0.25, -0.2) is 8.78 Å². The zero-order chi connectivity index (χ0) is 29.3. The molecule has 0 fully saturated rings. The average molecular weight is 812 g/mol. The minimum atomic E-state index is -0.788. The lowest BCUT2D eigenvalue weighted by Gasteiger charge is -2.14. The van der Waals surface area contributed by atoms with E-state index in [9.17, 15) is 8.78 Å². The van der Waals surface area contributed by atoms with Gasteiger partial charge in [0.05, 0.1) is 44.2 Å². The molecule has 0 bridgehead atoms. The molecular formula is C24H27Br4F2N2O5P. The first kappa shape index (κ1) is 36.8. The molecule has 0 unspecified atom stereocenters. The third-order valence-electron chi connectivity index (χ3n) is 4.25. The molecule has 0 aromatic heterocycles. The molecule has 0 heterocycles. The van der Waals surface area contributed by atoms with Crippen molar-refractivity contribution in [1.82, 2.24) is 0 Å². The summed E-state index contributed by atoms with van der Waals surface area (Å²) in [5.74, 6) is -0.979. The Morgan fingerprint density at radius 1 is 0.763 bits per heavy atom. The Kier molecular flexibility index (Phi) is 20.0. The third kappa shape index (κ3) is 11.5. The molecule has 2 aromatic rings. The van der Waals surface area contributed by atoms with Crippen LogP contribution in [0, 0.1) is 34.3 Å². The fourth-order valence-electron chi connectivity index (χ4n) is 2.87. The van der Waals surface area contributed by atoms with E-state index in [1.807, 2.05) is 6.07 Å². The van der Waals surface area contributed by atoms with E-state index < -0.39 is 18.2 Å². The van der Waals surface area contributed by atoms with Gasteiger partial charge in [-0.2, -0.15) is 10.5 Å². The minimum absolute atomic E-state index is 0.00576. The van der Waals surface area contributed by atoms with Crippen LogP contribution in [0.3, 0.4) is 0 Å². The summed E-state index contributed by atoms with van der Waals surface area (Å²) in [4.78, 5) is 0. The molecule has 2 aromatic carbocycles. The van der Waals surface area contributed by atoms with E-state index >= 15 is 0 Å². The Morgan fingerprint density at radius 3 is 1.39 bits per heavy atom. The Morgan fingerprint density at radius 2 is 1.11 bits per heavy atom. The number of aliphatic hydroxyl groups is 1. The number of alkyl halides is 1. The van der Waals surface area contributed by atoms with Crippen molar-refractivity contribution in [3.05, 3.63) is 46.0 Å². The number of hydrogen-bond donors (Lipinski definition) is 1. The van der Waals surface area contributed by atoms with Crippen LogP contribution < -0.4 is 18.9 Å². The Balaban J connectivity index is 0.000000632. The van der Waals surface area contributed by atoms with E-state index in [1.54, 1.807) is 39.8 Å². The monoisotopic (exact) mass is 808 g/mol. The molecule has 0 atom stereocenters. The second kappa shape index (κ2) is 20.7. The molecule has 14 heteroatoms. The van der Waals surface area contributed by atoms with E-state index in [0.29, 0.717) is 36.5 Å². The SMILES string of the molecule is BrP(Br)Br.CCOc1cc(CBr)c(C#N)c(F)c1OCC.CCOc1cc(CO)c(C#N)c(F)c1OCC. The van der Waals surface area contributed by atoms with Gasteiger partial charge in [0.25, 0.3) is 0 Å². The van der Waals surface area contributed by atoms with Gasteiger partial charge in [-0.05, 0) is 91.9 Å². The van der Waals surface area contributed by atoms with Gasteiger partial charge in [-0.1, -0.05) is 15.9 Å². The van der Waals surface area contributed by atoms with E-state index in [2.05, 4.69) is 62.4 Å². The highest BCUT2D eigenvalue weighted by Crippen LogP contribution is 2.59. The smallest absolute Gasteiger partial charge is 0.198 e. The van der Waals surface area contributed by atoms with Crippen molar-refractivity contribution < 1.29 is 32.8 Å². The van der Waals surface area contributed by atoms with Gasteiger partial charge in [-0.15, -0.1) is 0 Å². The van der Waals surface area contributed by atoms with Crippen molar-refractivity contribution in [2.24, 2.45) is 0 Å². The third-order valence-corrected chi connectivity index (χ3v) is 4.86. The van der Waals surface area contributed by atoms with Crippen molar-refractivity contribution in [2.75, 3.05) is 26.4 Å². The Bertz CT molecular complexity index is 1030. The summed E-state index contributed by atoms with van der Waals surface area (Å²) in [6, 6.07) is 6.61. The number of ether oxygens (including phenoxy) is 4. The molecule has 0 spiro atoms. The molecule has 0 aliphatic carbocycles. The topological polar surface area (TPSA) is 105 Å². The number of rotatable bonds is 10. The zero-order valence-electron chi connectivity index (χ0n) is 21.1. The lowest BCUT2D eigenvalue weighted by molar-refractivity contribution is 0.265. The molecule has 0 aliphatic rings. The summed E-state index contributed by atoms with van der Waals surface area (Å²) in [5.41, 5.74) is 0.530. The Labute approximate surface area is 255 Å². The average Bonchev–Trinajstić information content (AvgIpc) is 2.88. The van der Waals surface area contributed by atoms with Gasteiger partial charge >= 0.3 is 0 Å². The summed E-state index contributed by atoms with van der Waals surface area (Å²) in [6.45, 7) is 7.93. The van der Waals surface area contributed by atoms with Gasteiger partial charge in [0.2, 0.25) is 0 Å². The fourth-order valence-corrected chi connectivity index (χ4v) is 3.31. The molecule has 0 amide bonds. The van der Waals surface area contributed by atoms with Crippen molar-refractivity contribution in [3.63, 3.8) is 0 Å². The normalized spacial score (nSPS) is 9.74. The van der Waals surface area contributed by atoms with E-state index in [1.165, 1.54) is 6.07 Å². The lowest BCUT2D eigenvalue weighted by Crippen LogP contribution is -2.05. The Hall–Kier alpha value is -1.21. The lowest BCUT2D eigenvalue weighted by atomic mass is 10.1. The highest BCUT2D eigenvalue weighted by atomic mass is 80.0. The molecule has 2 rings (SSSR count). The van der Waals surface area contributed by atoms with Crippen LogP contribution >= 0.6 is 66.4 Å². The first-order valence-electron chi connectivity index (χ1n) is 11.1. The quantitative estimate of drug-likeness (QED) is 0.189. The summed E-state index contributed by atoms with van der Waals surface area (Å²) >= 11 is 12.7. The van der Waals surface area contributed by atoms with E-state index in [-0.39, 0.29) is 44.6 Å². The molecule has 0 radical (unpaired) electrons. The van der Waals surface area contributed by atoms with Crippen LogP contribution in [0.2, 0.25) is 0 Å². The molecule has 38 heavy (non-hydrogen) atoms. The molecule has 7 nitrogen and oxygen atoms in total. The number of nitriles is 2. The van der Waals surface area contributed by atoms with E-state index in [4.69, 9.17) is 34.6 Å². The minimum Gasteiger partial charge on any atom is -0.490 e. The maximum Gasteiger partial charge on any atom is 0.198 e. The van der Waals surface area contributed by atoms with E-state index in [0.717, 1.165) is 0 Å². The number of aliphatic hydroxyl groups excluding tert-OH is 1. The fraction of sp³-hybridized carbons (Fsp3) is 0.417. The summed E-state index contributed by atoms with van der Waals surface area (Å²) < 4.78 is 48.7. The maximum atomic E-state index is 14.0. The highest BCUT2D eigenvalue weighted by Gasteiger charge is 2.21. The number of hydrogen-bond acceptors (Lipinski definition) is 7. The predicted octanol–water partition coefficient (Wildman–Crippen LogP) is 8.77. The van der Waals surface area contributed by atoms with Crippen molar-refractivity contribution in [3.8, 4) is 35.1 Å².